The van der Waals surface area contributed by atoms with Crippen molar-refractivity contribution in [2.45, 2.75) is 32.4 Å². The number of carbonyl (C=O) groups is 1. The van der Waals surface area contributed by atoms with E-state index < -0.39 is 0 Å². The number of rotatable bonds is 3. The van der Waals surface area contributed by atoms with Crippen LogP contribution >= 0.6 is 0 Å². The van der Waals surface area contributed by atoms with E-state index in [9.17, 15) is 4.79 Å². The van der Waals surface area contributed by atoms with Crippen LogP contribution < -0.4 is 11.3 Å². The largest absolute Gasteiger partial charge is 0.378 e. The molecular weight excluding hydrogens is 182 g/mol. The number of nitrogens with one attached hydrogen (secondary N) is 1. The number of hydrazine groups is 1. The molecule has 5 heteroatoms. The molecule has 2 atom stereocenters. The van der Waals surface area contributed by atoms with E-state index in [-0.39, 0.29) is 11.9 Å². The Kier molecular flexibility index (Phi) is 4.31. The van der Waals surface area contributed by atoms with E-state index in [4.69, 9.17) is 10.6 Å². The molecule has 1 fully saturated rings. The molecule has 2 unspecified atom stereocenters. The molecule has 0 radical (unpaired) electrons. The molecule has 3 N–H and O–H groups in total. The summed E-state index contributed by atoms with van der Waals surface area (Å²) in [4.78, 5) is 13.5. The van der Waals surface area contributed by atoms with E-state index >= 15 is 0 Å². The van der Waals surface area contributed by atoms with Crippen molar-refractivity contribution in [1.82, 2.24) is 10.3 Å². The summed E-state index contributed by atoms with van der Waals surface area (Å²) < 4.78 is 5.36. The highest BCUT2D eigenvalue weighted by molar-refractivity contribution is 5.80. The average molecular weight is 201 g/mol. The van der Waals surface area contributed by atoms with Gasteiger partial charge in [-0.2, -0.15) is 0 Å². The van der Waals surface area contributed by atoms with Gasteiger partial charge in [0.1, 0.15) is 0 Å². The van der Waals surface area contributed by atoms with Crippen LogP contribution in [0.5, 0.6) is 0 Å². The summed E-state index contributed by atoms with van der Waals surface area (Å²) in [6, 6.07) is 0.157. The summed E-state index contributed by atoms with van der Waals surface area (Å²) in [7, 11) is 0. The molecule has 14 heavy (non-hydrogen) atoms. The van der Waals surface area contributed by atoms with Crippen LogP contribution in [0.2, 0.25) is 0 Å². The first-order valence-electron chi connectivity index (χ1n) is 5.04. The summed E-state index contributed by atoms with van der Waals surface area (Å²) in [5.41, 5.74) is 2.19. The lowest BCUT2D eigenvalue weighted by atomic mass is 10.1. The van der Waals surface area contributed by atoms with Gasteiger partial charge in [0.15, 0.2) is 0 Å². The number of nitrogens with two attached hydrogens (primary N) is 1. The SMILES string of the molecule is CCC1COCCN1C(C)C(=O)NN. The van der Waals surface area contributed by atoms with Crippen LogP contribution in [-0.4, -0.2) is 42.6 Å². The summed E-state index contributed by atoms with van der Waals surface area (Å²) in [6.07, 6.45) is 0.988. The highest BCUT2D eigenvalue weighted by Crippen LogP contribution is 2.13. The van der Waals surface area contributed by atoms with Crippen molar-refractivity contribution in [1.29, 1.82) is 0 Å². The molecule has 5 nitrogen and oxygen atoms in total. The predicted octanol–water partition coefficient (Wildman–Crippen LogP) is -0.524. The first-order valence-corrected chi connectivity index (χ1v) is 5.04. The minimum absolute atomic E-state index is 0.134. The Morgan fingerprint density at radius 1 is 1.79 bits per heavy atom. The van der Waals surface area contributed by atoms with E-state index in [0.29, 0.717) is 19.3 Å². The van der Waals surface area contributed by atoms with Crippen LogP contribution in [0, 0.1) is 0 Å². The molecule has 0 aromatic heterocycles. The molecule has 1 aliphatic rings. The van der Waals surface area contributed by atoms with Gasteiger partial charge in [-0.05, 0) is 13.3 Å². The second-order valence-electron chi connectivity index (χ2n) is 3.56. The van der Waals surface area contributed by atoms with E-state index in [1.807, 2.05) is 6.92 Å². The number of hydrogen-bond donors (Lipinski definition) is 2. The molecule has 1 heterocycles. The number of nitrogens with zero attached hydrogens (tertiary/aromatic N) is 1. The minimum atomic E-state index is -0.172. The van der Waals surface area contributed by atoms with Gasteiger partial charge < -0.3 is 4.74 Å². The third kappa shape index (κ3) is 2.43. The van der Waals surface area contributed by atoms with Crippen molar-refractivity contribution < 1.29 is 9.53 Å². The van der Waals surface area contributed by atoms with Gasteiger partial charge in [0.05, 0.1) is 19.3 Å². The second kappa shape index (κ2) is 5.29. The maximum Gasteiger partial charge on any atom is 0.250 e. The molecule has 0 aliphatic carbocycles. The monoisotopic (exact) mass is 201 g/mol. The maximum absolute atomic E-state index is 11.4. The van der Waals surface area contributed by atoms with Crippen LogP contribution in [-0.2, 0) is 9.53 Å². The zero-order valence-corrected chi connectivity index (χ0v) is 8.82. The minimum Gasteiger partial charge on any atom is -0.378 e. The Morgan fingerprint density at radius 3 is 3.07 bits per heavy atom. The summed E-state index contributed by atoms with van der Waals surface area (Å²) in [6.45, 7) is 6.17. The van der Waals surface area contributed by atoms with Crippen molar-refractivity contribution >= 4 is 5.91 Å². The summed E-state index contributed by atoms with van der Waals surface area (Å²) in [5.74, 6) is 4.98. The van der Waals surface area contributed by atoms with Gasteiger partial charge in [0.2, 0.25) is 0 Å². The quantitative estimate of drug-likeness (QED) is 0.366. The number of amides is 1. The van der Waals surface area contributed by atoms with Crippen LogP contribution in [0.15, 0.2) is 0 Å². The molecule has 82 valence electrons. The number of carbonyl (C=O) groups excluding carboxylic acids is 1. The summed E-state index contributed by atoms with van der Waals surface area (Å²) in [5, 5.41) is 0. The van der Waals surface area contributed by atoms with Crippen molar-refractivity contribution in [3.8, 4) is 0 Å². The zero-order chi connectivity index (χ0) is 10.6. The second-order valence-corrected chi connectivity index (χ2v) is 3.56. The fourth-order valence-corrected chi connectivity index (χ4v) is 1.80. The third-order valence-corrected chi connectivity index (χ3v) is 2.76. The highest BCUT2D eigenvalue weighted by Gasteiger charge is 2.29. The molecule has 1 amide bonds. The molecular formula is C9H19N3O2. The normalized spacial score (nSPS) is 25.8. The Labute approximate surface area is 84.5 Å². The van der Waals surface area contributed by atoms with Gasteiger partial charge in [0.25, 0.3) is 5.91 Å². The molecule has 0 spiro atoms. The van der Waals surface area contributed by atoms with Gasteiger partial charge >= 0.3 is 0 Å². The Bertz CT molecular complexity index is 198. The van der Waals surface area contributed by atoms with Crippen molar-refractivity contribution in [2.75, 3.05) is 19.8 Å². The van der Waals surface area contributed by atoms with Crippen molar-refractivity contribution in [3.05, 3.63) is 0 Å². The molecule has 0 saturated carbocycles. The Morgan fingerprint density at radius 2 is 2.50 bits per heavy atom. The lowest BCUT2D eigenvalue weighted by Gasteiger charge is -2.38. The Hall–Kier alpha value is -0.650. The van der Waals surface area contributed by atoms with Crippen LogP contribution in [0.4, 0.5) is 0 Å². The lowest BCUT2D eigenvalue weighted by Crippen LogP contribution is -2.55. The molecule has 0 aromatic carbocycles. The molecule has 1 saturated heterocycles. The average Bonchev–Trinajstić information content (AvgIpc) is 2.26. The third-order valence-electron chi connectivity index (χ3n) is 2.76. The van der Waals surface area contributed by atoms with Crippen LogP contribution in [0.25, 0.3) is 0 Å². The van der Waals surface area contributed by atoms with E-state index in [1.165, 1.54) is 0 Å². The molecule has 1 rings (SSSR count). The number of hydrogen-bond acceptors (Lipinski definition) is 4. The van der Waals surface area contributed by atoms with Gasteiger partial charge in [-0.1, -0.05) is 6.92 Å². The first kappa shape index (κ1) is 11.4. The fourth-order valence-electron chi connectivity index (χ4n) is 1.80. The van der Waals surface area contributed by atoms with Crippen LogP contribution in [0.1, 0.15) is 20.3 Å². The predicted molar refractivity (Wildman–Crippen MR) is 53.4 cm³/mol. The number of ether oxygens (including phenoxy) is 1. The number of morpholine rings is 1. The van der Waals surface area contributed by atoms with Gasteiger partial charge in [-0.25, -0.2) is 5.84 Å². The topological polar surface area (TPSA) is 67.6 Å². The van der Waals surface area contributed by atoms with Gasteiger partial charge in [-0.15, -0.1) is 0 Å². The fraction of sp³-hybridized carbons (Fsp3) is 0.889. The maximum atomic E-state index is 11.4. The van der Waals surface area contributed by atoms with Crippen LogP contribution in [0.3, 0.4) is 0 Å². The molecule has 0 bridgehead atoms. The van der Waals surface area contributed by atoms with Crippen molar-refractivity contribution in [3.63, 3.8) is 0 Å². The molecule has 1 aliphatic heterocycles. The van der Waals surface area contributed by atoms with Gasteiger partial charge in [-0.3, -0.25) is 15.1 Å². The zero-order valence-electron chi connectivity index (χ0n) is 8.82. The molecule has 0 aromatic rings. The van der Waals surface area contributed by atoms with E-state index in [2.05, 4.69) is 17.2 Å². The van der Waals surface area contributed by atoms with Crippen molar-refractivity contribution in [2.24, 2.45) is 5.84 Å². The van der Waals surface area contributed by atoms with E-state index in [0.717, 1.165) is 13.0 Å². The smallest absolute Gasteiger partial charge is 0.250 e. The van der Waals surface area contributed by atoms with Gasteiger partial charge in [0, 0.05) is 12.6 Å². The highest BCUT2D eigenvalue weighted by atomic mass is 16.5. The standard InChI is InChI=1S/C9H19N3O2/c1-3-8-6-14-5-4-12(8)7(2)9(13)11-10/h7-8H,3-6,10H2,1-2H3,(H,11,13). The summed E-state index contributed by atoms with van der Waals surface area (Å²) >= 11 is 0. The lowest BCUT2D eigenvalue weighted by molar-refractivity contribution is -0.129. The first-order chi connectivity index (χ1) is 6.70. The Balaban J connectivity index is 2.58. The van der Waals surface area contributed by atoms with E-state index in [1.54, 1.807) is 0 Å².